The molecule has 5 rings (SSSR count). The van der Waals surface area contributed by atoms with Crippen LogP contribution >= 0.6 is 0 Å². The lowest BCUT2D eigenvalue weighted by Crippen LogP contribution is -2.43. The van der Waals surface area contributed by atoms with Gasteiger partial charge in [-0.25, -0.2) is 0 Å². The number of aryl methyl sites for hydroxylation is 1. The normalized spacial score (nSPS) is 27.6. The zero-order valence-electron chi connectivity index (χ0n) is 11.0. The van der Waals surface area contributed by atoms with Gasteiger partial charge in [0.25, 0.3) is 0 Å². The van der Waals surface area contributed by atoms with Gasteiger partial charge in [0.15, 0.2) is 5.78 Å². The lowest BCUT2D eigenvalue weighted by molar-refractivity contribution is 0.0734. The third-order valence-electron chi connectivity index (χ3n) is 4.76. The number of Topliss-reactive ketones (excluding diaryl/α,β-unsaturated/α-hetero) is 1. The van der Waals surface area contributed by atoms with Crippen molar-refractivity contribution in [2.45, 2.75) is 25.2 Å². The van der Waals surface area contributed by atoms with E-state index >= 15 is 0 Å². The molecule has 1 heteroatoms. The molecule has 19 heavy (non-hydrogen) atoms. The highest BCUT2D eigenvalue weighted by molar-refractivity contribution is 6.03. The predicted molar refractivity (Wildman–Crippen MR) is 75.5 cm³/mol. The molecule has 1 fully saturated rings. The van der Waals surface area contributed by atoms with Crippen molar-refractivity contribution in [3.05, 3.63) is 70.8 Å². The van der Waals surface area contributed by atoms with Gasteiger partial charge in [-0.15, -0.1) is 0 Å². The number of hydrogen-bond acceptors (Lipinski definition) is 1. The molecule has 1 nitrogen and oxygen atoms in total. The van der Waals surface area contributed by atoms with Crippen LogP contribution in [0.15, 0.2) is 48.5 Å². The maximum atomic E-state index is 12.5. The standard InChI is InChI=1S/C18H16O/c1-11-5-4-6-12(9-11)17-15-10-16(17)18(19)14-8-3-2-7-13(14)15/h2-9,15-17H,10H2,1H3. The van der Waals surface area contributed by atoms with Crippen molar-refractivity contribution in [3.63, 3.8) is 0 Å². The van der Waals surface area contributed by atoms with Crippen LogP contribution < -0.4 is 0 Å². The van der Waals surface area contributed by atoms with Gasteiger partial charge in [-0.3, -0.25) is 4.79 Å². The molecular weight excluding hydrogens is 232 g/mol. The highest BCUT2D eigenvalue weighted by atomic mass is 16.1. The lowest BCUT2D eigenvalue weighted by atomic mass is 9.53. The third-order valence-corrected chi connectivity index (χ3v) is 4.76. The van der Waals surface area contributed by atoms with Crippen LogP contribution in [0.25, 0.3) is 0 Å². The summed E-state index contributed by atoms with van der Waals surface area (Å²) in [7, 11) is 0. The summed E-state index contributed by atoms with van der Waals surface area (Å²) in [6, 6.07) is 16.8. The van der Waals surface area contributed by atoms with Crippen molar-refractivity contribution in [2.75, 3.05) is 0 Å². The topological polar surface area (TPSA) is 17.1 Å². The summed E-state index contributed by atoms with van der Waals surface area (Å²) >= 11 is 0. The second-order valence-corrected chi connectivity index (χ2v) is 5.84. The van der Waals surface area contributed by atoms with Crippen molar-refractivity contribution in [1.29, 1.82) is 0 Å². The molecule has 2 aromatic carbocycles. The Kier molecular flexibility index (Phi) is 2.20. The van der Waals surface area contributed by atoms with Crippen molar-refractivity contribution >= 4 is 5.78 Å². The average Bonchev–Trinajstić information content (AvgIpc) is 2.38. The summed E-state index contributed by atoms with van der Waals surface area (Å²) in [5.74, 6) is 1.51. The third kappa shape index (κ3) is 1.45. The number of carbonyl (C=O) groups excluding carboxylic acids is 1. The van der Waals surface area contributed by atoms with Crippen LogP contribution in [0.4, 0.5) is 0 Å². The van der Waals surface area contributed by atoms with E-state index in [1.54, 1.807) is 0 Å². The molecule has 2 aromatic rings. The second-order valence-electron chi connectivity index (χ2n) is 5.84. The van der Waals surface area contributed by atoms with Gasteiger partial charge < -0.3 is 0 Å². The first-order valence-corrected chi connectivity index (χ1v) is 6.95. The number of rotatable bonds is 1. The van der Waals surface area contributed by atoms with Gasteiger partial charge >= 0.3 is 0 Å². The number of ketones is 1. The first kappa shape index (κ1) is 11.0. The lowest BCUT2D eigenvalue weighted by Gasteiger charge is -2.49. The SMILES string of the molecule is Cc1cccc(C2C3CC2c2ccccc2C3=O)c1. The van der Waals surface area contributed by atoms with Crippen LogP contribution in [0.3, 0.4) is 0 Å². The van der Waals surface area contributed by atoms with E-state index in [4.69, 9.17) is 0 Å². The van der Waals surface area contributed by atoms with E-state index in [0.29, 0.717) is 17.6 Å². The number of hydrogen-bond donors (Lipinski definition) is 0. The fraction of sp³-hybridized carbons (Fsp3) is 0.278. The maximum absolute atomic E-state index is 12.5. The summed E-state index contributed by atoms with van der Waals surface area (Å²) in [5.41, 5.74) is 4.85. The largest absolute Gasteiger partial charge is 0.294 e. The van der Waals surface area contributed by atoms with E-state index in [0.717, 1.165) is 12.0 Å². The Balaban J connectivity index is 1.82. The van der Waals surface area contributed by atoms with Crippen LogP contribution in [0.2, 0.25) is 0 Å². The average molecular weight is 248 g/mol. The minimum atomic E-state index is 0.210. The fourth-order valence-corrected chi connectivity index (χ4v) is 3.83. The van der Waals surface area contributed by atoms with E-state index in [-0.39, 0.29) is 5.92 Å². The van der Waals surface area contributed by atoms with E-state index in [9.17, 15) is 4.79 Å². The van der Waals surface area contributed by atoms with Crippen LogP contribution in [0.5, 0.6) is 0 Å². The quantitative estimate of drug-likeness (QED) is 0.743. The summed E-state index contributed by atoms with van der Waals surface area (Å²) in [5, 5.41) is 0. The van der Waals surface area contributed by atoms with Gasteiger partial charge in [0.1, 0.15) is 0 Å². The molecule has 3 aliphatic carbocycles. The smallest absolute Gasteiger partial charge is 0.166 e. The summed E-state index contributed by atoms with van der Waals surface area (Å²) in [6.07, 6.45) is 1.04. The molecule has 0 heterocycles. The number of carbonyl (C=O) groups is 1. The Hall–Kier alpha value is -1.89. The molecule has 0 aliphatic heterocycles. The first-order chi connectivity index (χ1) is 9.25. The molecule has 0 saturated heterocycles. The monoisotopic (exact) mass is 248 g/mol. The van der Waals surface area contributed by atoms with Gasteiger partial charge in [0, 0.05) is 17.4 Å². The molecule has 94 valence electrons. The summed E-state index contributed by atoms with van der Waals surface area (Å²) < 4.78 is 0. The molecule has 0 N–H and O–H groups in total. The molecule has 3 atom stereocenters. The zero-order chi connectivity index (χ0) is 13.0. The zero-order valence-corrected chi connectivity index (χ0v) is 11.0. The van der Waals surface area contributed by atoms with Gasteiger partial charge in [-0.05, 0) is 30.4 Å². The Morgan fingerprint density at radius 2 is 1.84 bits per heavy atom. The van der Waals surface area contributed by atoms with Crippen molar-refractivity contribution in [3.8, 4) is 0 Å². The highest BCUT2D eigenvalue weighted by Crippen LogP contribution is 2.58. The van der Waals surface area contributed by atoms with Crippen LogP contribution in [-0.2, 0) is 0 Å². The van der Waals surface area contributed by atoms with Crippen molar-refractivity contribution in [2.24, 2.45) is 5.92 Å². The summed E-state index contributed by atoms with van der Waals surface area (Å²) in [6.45, 7) is 2.12. The van der Waals surface area contributed by atoms with Gasteiger partial charge in [0.05, 0.1) is 0 Å². The molecule has 0 amide bonds. The Bertz CT molecular complexity index is 671. The van der Waals surface area contributed by atoms with Gasteiger partial charge in [-0.1, -0.05) is 54.1 Å². The predicted octanol–water partition coefficient (Wildman–Crippen LogP) is 4.08. The molecule has 0 aromatic heterocycles. The molecule has 3 aliphatic rings. The number of benzene rings is 2. The molecular formula is C18H16O. The molecule has 1 saturated carbocycles. The van der Waals surface area contributed by atoms with E-state index < -0.39 is 0 Å². The van der Waals surface area contributed by atoms with Gasteiger partial charge in [0.2, 0.25) is 0 Å². The fourth-order valence-electron chi connectivity index (χ4n) is 3.83. The second kappa shape index (κ2) is 3.80. The van der Waals surface area contributed by atoms with E-state index in [1.165, 1.54) is 16.7 Å². The van der Waals surface area contributed by atoms with Gasteiger partial charge in [-0.2, -0.15) is 0 Å². The molecule has 2 bridgehead atoms. The highest BCUT2D eigenvalue weighted by Gasteiger charge is 2.51. The molecule has 0 spiro atoms. The molecule has 3 unspecified atom stereocenters. The minimum absolute atomic E-state index is 0.210. The first-order valence-electron chi connectivity index (χ1n) is 6.95. The molecule has 0 radical (unpaired) electrons. The van der Waals surface area contributed by atoms with Crippen LogP contribution in [0.1, 0.15) is 45.3 Å². The Morgan fingerprint density at radius 1 is 1.00 bits per heavy atom. The Labute approximate surface area is 113 Å². The van der Waals surface area contributed by atoms with Crippen LogP contribution in [0, 0.1) is 12.8 Å². The van der Waals surface area contributed by atoms with Crippen LogP contribution in [-0.4, -0.2) is 5.78 Å². The van der Waals surface area contributed by atoms with Crippen molar-refractivity contribution in [1.82, 2.24) is 0 Å². The summed E-state index contributed by atoms with van der Waals surface area (Å²) in [4.78, 5) is 12.5. The van der Waals surface area contributed by atoms with Crippen molar-refractivity contribution < 1.29 is 4.79 Å². The van der Waals surface area contributed by atoms with E-state index in [1.807, 2.05) is 12.1 Å². The maximum Gasteiger partial charge on any atom is 0.166 e. The Morgan fingerprint density at radius 3 is 2.68 bits per heavy atom. The van der Waals surface area contributed by atoms with E-state index in [2.05, 4.69) is 43.3 Å². The minimum Gasteiger partial charge on any atom is -0.294 e.